The molecule has 0 N–H and O–H groups in total. The van der Waals surface area contributed by atoms with Gasteiger partial charge in [0, 0.05) is 30.3 Å². The molecule has 0 fully saturated rings. The second kappa shape index (κ2) is 5.60. The van der Waals surface area contributed by atoms with Crippen molar-refractivity contribution < 1.29 is 9.72 Å². The van der Waals surface area contributed by atoms with Crippen LogP contribution in [0.3, 0.4) is 0 Å². The monoisotopic (exact) mass is 296 g/mol. The third-order valence-corrected chi connectivity index (χ3v) is 4.06. The molecule has 0 saturated carbocycles. The van der Waals surface area contributed by atoms with Gasteiger partial charge in [-0.3, -0.25) is 14.9 Å². The molecule has 0 spiro atoms. The molecular formula is C17H16N2O3. The third-order valence-electron chi connectivity index (χ3n) is 4.06. The van der Waals surface area contributed by atoms with Gasteiger partial charge in [0.25, 0.3) is 11.6 Å². The average molecular weight is 296 g/mol. The summed E-state index contributed by atoms with van der Waals surface area (Å²) in [5.74, 6) is -0.0764. The molecule has 1 amide bonds. The number of nitro groups is 1. The van der Waals surface area contributed by atoms with E-state index in [1.807, 2.05) is 18.2 Å². The zero-order chi connectivity index (χ0) is 15.7. The van der Waals surface area contributed by atoms with Crippen molar-refractivity contribution in [2.24, 2.45) is 0 Å². The van der Waals surface area contributed by atoms with E-state index < -0.39 is 4.92 Å². The first-order chi connectivity index (χ1) is 10.6. The SMILES string of the molecule is Cc1cc(C(=O)N2CCc3ccccc3C2)ccc1[N+](=O)[O-]. The first-order valence-electron chi connectivity index (χ1n) is 7.17. The van der Waals surface area contributed by atoms with Gasteiger partial charge in [0.05, 0.1) is 4.92 Å². The van der Waals surface area contributed by atoms with Crippen molar-refractivity contribution in [3.63, 3.8) is 0 Å². The molecule has 1 aliphatic heterocycles. The Hall–Kier alpha value is -2.69. The van der Waals surface area contributed by atoms with E-state index in [1.54, 1.807) is 17.9 Å². The Morgan fingerprint density at radius 2 is 1.91 bits per heavy atom. The van der Waals surface area contributed by atoms with E-state index in [1.165, 1.54) is 23.3 Å². The highest BCUT2D eigenvalue weighted by molar-refractivity contribution is 5.94. The topological polar surface area (TPSA) is 63.5 Å². The molecule has 112 valence electrons. The second-order valence-corrected chi connectivity index (χ2v) is 5.50. The summed E-state index contributed by atoms with van der Waals surface area (Å²) in [6, 6.07) is 12.7. The molecule has 3 rings (SSSR count). The van der Waals surface area contributed by atoms with Crippen molar-refractivity contribution in [2.75, 3.05) is 6.54 Å². The summed E-state index contributed by atoms with van der Waals surface area (Å²) in [5, 5.41) is 10.9. The van der Waals surface area contributed by atoms with Gasteiger partial charge in [0.15, 0.2) is 0 Å². The number of carbonyl (C=O) groups excluding carboxylic acids is 1. The van der Waals surface area contributed by atoms with Crippen molar-refractivity contribution in [1.82, 2.24) is 4.90 Å². The molecule has 2 aromatic rings. The maximum atomic E-state index is 12.6. The Morgan fingerprint density at radius 1 is 1.18 bits per heavy atom. The molecule has 0 atom stereocenters. The van der Waals surface area contributed by atoms with Gasteiger partial charge in [-0.15, -0.1) is 0 Å². The minimum absolute atomic E-state index is 0.0422. The molecule has 0 aromatic heterocycles. The molecular weight excluding hydrogens is 280 g/mol. The predicted octanol–water partition coefficient (Wildman–Crippen LogP) is 3.10. The molecule has 2 aromatic carbocycles. The number of hydrogen-bond acceptors (Lipinski definition) is 3. The number of rotatable bonds is 2. The van der Waals surface area contributed by atoms with Crippen LogP contribution in [0.4, 0.5) is 5.69 Å². The van der Waals surface area contributed by atoms with Gasteiger partial charge in [-0.05, 0) is 36.6 Å². The molecule has 0 saturated heterocycles. The molecule has 22 heavy (non-hydrogen) atoms. The average Bonchev–Trinajstić information content (AvgIpc) is 2.53. The highest BCUT2D eigenvalue weighted by Crippen LogP contribution is 2.23. The van der Waals surface area contributed by atoms with Gasteiger partial charge in [-0.2, -0.15) is 0 Å². The summed E-state index contributed by atoms with van der Waals surface area (Å²) in [6.07, 6.45) is 0.841. The molecule has 5 nitrogen and oxygen atoms in total. The van der Waals surface area contributed by atoms with Crippen molar-refractivity contribution in [2.45, 2.75) is 19.9 Å². The van der Waals surface area contributed by atoms with Crippen molar-refractivity contribution in [3.05, 3.63) is 74.8 Å². The van der Waals surface area contributed by atoms with Crippen molar-refractivity contribution in [3.8, 4) is 0 Å². The number of nitrogens with zero attached hydrogens (tertiary/aromatic N) is 2. The Bertz CT molecular complexity index is 755. The van der Waals surface area contributed by atoms with Gasteiger partial charge < -0.3 is 4.90 Å². The third kappa shape index (κ3) is 2.57. The Kier molecular flexibility index (Phi) is 3.63. The van der Waals surface area contributed by atoms with Gasteiger partial charge in [0.1, 0.15) is 0 Å². The minimum Gasteiger partial charge on any atom is -0.334 e. The fraction of sp³-hybridized carbons (Fsp3) is 0.235. The highest BCUT2D eigenvalue weighted by Gasteiger charge is 2.22. The van der Waals surface area contributed by atoms with Crippen LogP contribution in [-0.2, 0) is 13.0 Å². The molecule has 0 bridgehead atoms. The standard InChI is InChI=1S/C17H16N2O3/c1-12-10-14(6-7-16(12)19(21)22)17(20)18-9-8-13-4-2-3-5-15(13)11-18/h2-7,10H,8-9,11H2,1H3. The maximum Gasteiger partial charge on any atom is 0.272 e. The van der Waals surface area contributed by atoms with E-state index in [-0.39, 0.29) is 11.6 Å². The van der Waals surface area contributed by atoms with Crippen LogP contribution in [0.15, 0.2) is 42.5 Å². The second-order valence-electron chi connectivity index (χ2n) is 5.50. The number of nitro benzene ring substituents is 1. The van der Waals surface area contributed by atoms with Gasteiger partial charge in [0.2, 0.25) is 0 Å². The van der Waals surface area contributed by atoms with Crippen LogP contribution < -0.4 is 0 Å². The van der Waals surface area contributed by atoms with E-state index in [2.05, 4.69) is 6.07 Å². The maximum absolute atomic E-state index is 12.6. The largest absolute Gasteiger partial charge is 0.334 e. The van der Waals surface area contributed by atoms with Crippen LogP contribution in [0.25, 0.3) is 0 Å². The smallest absolute Gasteiger partial charge is 0.272 e. The zero-order valence-corrected chi connectivity index (χ0v) is 12.3. The van der Waals surface area contributed by atoms with Crippen LogP contribution >= 0.6 is 0 Å². The van der Waals surface area contributed by atoms with Gasteiger partial charge in [-0.1, -0.05) is 24.3 Å². The Morgan fingerprint density at radius 3 is 2.59 bits per heavy atom. The lowest BCUT2D eigenvalue weighted by Gasteiger charge is -2.29. The Labute approximate surface area is 128 Å². The van der Waals surface area contributed by atoms with Crippen LogP contribution in [0.5, 0.6) is 0 Å². The molecule has 0 aliphatic carbocycles. The molecule has 1 aliphatic rings. The van der Waals surface area contributed by atoms with Crippen LogP contribution in [-0.4, -0.2) is 22.3 Å². The van der Waals surface area contributed by atoms with E-state index >= 15 is 0 Å². The van der Waals surface area contributed by atoms with Gasteiger partial charge in [-0.25, -0.2) is 0 Å². The minimum atomic E-state index is -0.430. The van der Waals surface area contributed by atoms with Crippen LogP contribution in [0, 0.1) is 17.0 Å². The molecule has 1 heterocycles. The van der Waals surface area contributed by atoms with Crippen LogP contribution in [0.2, 0.25) is 0 Å². The summed E-state index contributed by atoms with van der Waals surface area (Å²) in [4.78, 5) is 24.8. The van der Waals surface area contributed by atoms with Crippen LogP contribution in [0.1, 0.15) is 27.0 Å². The normalized spacial score (nSPS) is 13.6. The number of carbonyl (C=O) groups is 1. The number of benzene rings is 2. The van der Waals surface area contributed by atoms with E-state index in [9.17, 15) is 14.9 Å². The summed E-state index contributed by atoms with van der Waals surface area (Å²) in [6.45, 7) is 2.91. The fourth-order valence-corrected chi connectivity index (χ4v) is 2.84. The van der Waals surface area contributed by atoms with E-state index in [0.29, 0.717) is 24.2 Å². The summed E-state index contributed by atoms with van der Waals surface area (Å²) < 4.78 is 0. The lowest BCUT2D eigenvalue weighted by Crippen LogP contribution is -2.35. The van der Waals surface area contributed by atoms with Crippen molar-refractivity contribution in [1.29, 1.82) is 0 Å². The van der Waals surface area contributed by atoms with E-state index in [0.717, 1.165) is 6.42 Å². The number of hydrogen-bond donors (Lipinski definition) is 0. The lowest BCUT2D eigenvalue weighted by atomic mass is 9.99. The summed E-state index contributed by atoms with van der Waals surface area (Å²) in [5.41, 5.74) is 3.50. The summed E-state index contributed by atoms with van der Waals surface area (Å²) in [7, 11) is 0. The first-order valence-corrected chi connectivity index (χ1v) is 7.17. The lowest BCUT2D eigenvalue weighted by molar-refractivity contribution is -0.385. The fourth-order valence-electron chi connectivity index (χ4n) is 2.84. The number of aryl methyl sites for hydroxylation is 1. The number of amides is 1. The Balaban J connectivity index is 1.83. The quantitative estimate of drug-likeness (QED) is 0.632. The number of fused-ring (bicyclic) bond motifs is 1. The van der Waals surface area contributed by atoms with Crippen molar-refractivity contribution >= 4 is 11.6 Å². The summed E-state index contributed by atoms with van der Waals surface area (Å²) >= 11 is 0. The molecule has 0 unspecified atom stereocenters. The zero-order valence-electron chi connectivity index (χ0n) is 12.3. The molecule has 5 heteroatoms. The first kappa shape index (κ1) is 14.3. The predicted molar refractivity (Wildman–Crippen MR) is 82.7 cm³/mol. The highest BCUT2D eigenvalue weighted by atomic mass is 16.6. The van der Waals surface area contributed by atoms with Gasteiger partial charge >= 0.3 is 0 Å². The molecule has 0 radical (unpaired) electrons. The van der Waals surface area contributed by atoms with E-state index in [4.69, 9.17) is 0 Å².